The van der Waals surface area contributed by atoms with E-state index in [1.165, 1.54) is 23.5 Å². The Morgan fingerprint density at radius 1 is 1.20 bits per heavy atom. The third kappa shape index (κ3) is 3.78. The highest BCUT2D eigenvalue weighted by molar-refractivity contribution is 7.99. The van der Waals surface area contributed by atoms with E-state index in [0.29, 0.717) is 0 Å². The van der Waals surface area contributed by atoms with Gasteiger partial charge in [0.1, 0.15) is 17.5 Å². The number of anilines is 2. The Bertz CT molecular complexity index is 428. The van der Waals surface area contributed by atoms with Crippen molar-refractivity contribution >= 4 is 23.4 Å². The Morgan fingerprint density at radius 2 is 2.05 bits per heavy atom. The second-order valence-electron chi connectivity index (χ2n) is 5.17. The minimum atomic E-state index is 0.886. The number of hydrogen-bond acceptors (Lipinski definition) is 5. The first-order valence-corrected chi connectivity index (χ1v) is 8.85. The Labute approximate surface area is 126 Å². The fraction of sp³-hybridized carbons (Fsp3) is 0.733. The summed E-state index contributed by atoms with van der Waals surface area (Å²) in [5, 5.41) is 3.45. The minimum absolute atomic E-state index is 0.886. The van der Waals surface area contributed by atoms with Gasteiger partial charge in [-0.3, -0.25) is 0 Å². The molecule has 1 aromatic heterocycles. The maximum atomic E-state index is 4.79. The van der Waals surface area contributed by atoms with Crippen LogP contribution in [-0.4, -0.2) is 41.1 Å². The van der Waals surface area contributed by atoms with Crippen molar-refractivity contribution in [2.45, 2.75) is 40.0 Å². The van der Waals surface area contributed by atoms with E-state index in [0.717, 1.165) is 49.9 Å². The highest BCUT2D eigenvalue weighted by Gasteiger charge is 2.17. The Kier molecular flexibility index (Phi) is 5.95. The van der Waals surface area contributed by atoms with Gasteiger partial charge in [0.05, 0.1) is 0 Å². The van der Waals surface area contributed by atoms with Crippen molar-refractivity contribution < 1.29 is 0 Å². The smallest absolute Gasteiger partial charge is 0.137 e. The van der Waals surface area contributed by atoms with E-state index in [2.05, 4.69) is 36.0 Å². The molecule has 2 heterocycles. The van der Waals surface area contributed by atoms with Crippen LogP contribution in [0.3, 0.4) is 0 Å². The summed E-state index contributed by atoms with van der Waals surface area (Å²) in [5.41, 5.74) is 1.20. The van der Waals surface area contributed by atoms with Crippen LogP contribution >= 0.6 is 11.8 Å². The molecule has 0 aromatic carbocycles. The Morgan fingerprint density at radius 3 is 2.80 bits per heavy atom. The van der Waals surface area contributed by atoms with Crippen LogP contribution in [0.25, 0.3) is 0 Å². The fourth-order valence-electron chi connectivity index (χ4n) is 2.39. The van der Waals surface area contributed by atoms with Gasteiger partial charge in [0.2, 0.25) is 0 Å². The quantitative estimate of drug-likeness (QED) is 0.903. The molecule has 20 heavy (non-hydrogen) atoms. The molecular weight excluding hydrogens is 268 g/mol. The molecule has 112 valence electrons. The summed E-state index contributed by atoms with van der Waals surface area (Å²) in [5.74, 6) is 5.56. The first kappa shape index (κ1) is 15.4. The number of rotatable bonds is 5. The third-order valence-electron chi connectivity index (χ3n) is 3.55. The Balaban J connectivity index is 2.29. The molecule has 1 N–H and O–H groups in total. The van der Waals surface area contributed by atoms with Gasteiger partial charge in [-0.25, -0.2) is 9.97 Å². The van der Waals surface area contributed by atoms with Crippen LogP contribution in [0.15, 0.2) is 0 Å². The summed E-state index contributed by atoms with van der Waals surface area (Å²) in [6.45, 7) is 9.62. The third-order valence-corrected chi connectivity index (χ3v) is 4.60. The summed E-state index contributed by atoms with van der Waals surface area (Å²) in [6.07, 6.45) is 3.24. The first-order chi connectivity index (χ1) is 9.76. The summed E-state index contributed by atoms with van der Waals surface area (Å²) in [6, 6.07) is 0. The normalized spacial score (nSPS) is 16.1. The number of aromatic nitrogens is 2. The molecule has 4 nitrogen and oxygen atoms in total. The van der Waals surface area contributed by atoms with Crippen molar-refractivity contribution in [3.63, 3.8) is 0 Å². The number of aryl methyl sites for hydroxylation is 1. The van der Waals surface area contributed by atoms with Gasteiger partial charge < -0.3 is 10.2 Å². The summed E-state index contributed by atoms with van der Waals surface area (Å²) < 4.78 is 0. The van der Waals surface area contributed by atoms with Gasteiger partial charge in [0.25, 0.3) is 0 Å². The van der Waals surface area contributed by atoms with Crippen LogP contribution in [0, 0.1) is 6.92 Å². The van der Waals surface area contributed by atoms with Crippen molar-refractivity contribution in [2.24, 2.45) is 0 Å². The topological polar surface area (TPSA) is 41.1 Å². The molecule has 0 bridgehead atoms. The largest absolute Gasteiger partial charge is 0.370 e. The van der Waals surface area contributed by atoms with E-state index < -0.39 is 0 Å². The van der Waals surface area contributed by atoms with E-state index in [-0.39, 0.29) is 0 Å². The monoisotopic (exact) mass is 294 g/mol. The summed E-state index contributed by atoms with van der Waals surface area (Å²) >= 11 is 2.05. The second-order valence-corrected chi connectivity index (χ2v) is 6.40. The van der Waals surface area contributed by atoms with Crippen LogP contribution in [0.5, 0.6) is 0 Å². The molecule has 5 heteroatoms. The summed E-state index contributed by atoms with van der Waals surface area (Å²) in [4.78, 5) is 11.9. The number of nitrogens with one attached hydrogen (secondary N) is 1. The molecule has 1 aromatic rings. The van der Waals surface area contributed by atoms with Crippen molar-refractivity contribution in [3.8, 4) is 0 Å². The van der Waals surface area contributed by atoms with Gasteiger partial charge >= 0.3 is 0 Å². The van der Waals surface area contributed by atoms with E-state index in [1.54, 1.807) is 0 Å². The standard InChI is InChI=1S/C15H26N4S/c1-4-7-16-14-12(3)15(18-13(5-2)17-14)19-8-6-10-20-11-9-19/h4-11H2,1-3H3,(H,16,17,18). The van der Waals surface area contributed by atoms with Crippen LogP contribution in [-0.2, 0) is 6.42 Å². The molecule has 1 fully saturated rings. The summed E-state index contributed by atoms with van der Waals surface area (Å²) in [7, 11) is 0. The van der Waals surface area contributed by atoms with Gasteiger partial charge in [-0.1, -0.05) is 13.8 Å². The molecule has 2 rings (SSSR count). The van der Waals surface area contributed by atoms with Crippen molar-refractivity contribution in [3.05, 3.63) is 11.4 Å². The maximum Gasteiger partial charge on any atom is 0.137 e. The maximum absolute atomic E-state index is 4.79. The molecular formula is C15H26N4S. The van der Waals surface area contributed by atoms with Gasteiger partial charge in [-0.15, -0.1) is 0 Å². The SMILES string of the molecule is CCCNc1nc(CC)nc(N2CCCSCC2)c1C. The minimum Gasteiger partial charge on any atom is -0.370 e. The predicted molar refractivity (Wildman–Crippen MR) is 89.1 cm³/mol. The molecule has 0 spiro atoms. The predicted octanol–water partition coefficient (Wildman–Crippen LogP) is 3.11. The average Bonchev–Trinajstić information content (AvgIpc) is 2.75. The van der Waals surface area contributed by atoms with Gasteiger partial charge in [-0.2, -0.15) is 11.8 Å². The molecule has 0 saturated carbocycles. The lowest BCUT2D eigenvalue weighted by molar-refractivity contribution is 0.782. The molecule has 0 aliphatic carbocycles. The van der Waals surface area contributed by atoms with Crippen molar-refractivity contribution in [1.29, 1.82) is 0 Å². The van der Waals surface area contributed by atoms with Gasteiger partial charge in [-0.05, 0) is 25.5 Å². The molecule has 0 unspecified atom stereocenters. The number of hydrogen-bond donors (Lipinski definition) is 1. The molecule has 1 aliphatic heterocycles. The highest BCUT2D eigenvalue weighted by atomic mass is 32.2. The molecule has 0 amide bonds. The zero-order valence-electron chi connectivity index (χ0n) is 12.9. The van der Waals surface area contributed by atoms with Crippen LogP contribution in [0.4, 0.5) is 11.6 Å². The van der Waals surface area contributed by atoms with Crippen molar-refractivity contribution in [2.75, 3.05) is 41.4 Å². The number of nitrogens with zero attached hydrogens (tertiary/aromatic N) is 3. The molecule has 0 atom stereocenters. The van der Waals surface area contributed by atoms with E-state index >= 15 is 0 Å². The van der Waals surface area contributed by atoms with Gasteiger partial charge in [0, 0.05) is 37.4 Å². The first-order valence-electron chi connectivity index (χ1n) is 7.70. The van der Waals surface area contributed by atoms with E-state index in [9.17, 15) is 0 Å². The lowest BCUT2D eigenvalue weighted by atomic mass is 10.2. The Hall–Kier alpha value is -0.970. The number of thioether (sulfide) groups is 1. The molecule has 1 saturated heterocycles. The second kappa shape index (κ2) is 7.72. The molecule has 0 radical (unpaired) electrons. The van der Waals surface area contributed by atoms with Crippen LogP contribution in [0.2, 0.25) is 0 Å². The molecule has 1 aliphatic rings. The van der Waals surface area contributed by atoms with E-state index in [4.69, 9.17) is 4.98 Å². The zero-order valence-corrected chi connectivity index (χ0v) is 13.7. The lowest BCUT2D eigenvalue weighted by Crippen LogP contribution is -2.28. The zero-order chi connectivity index (χ0) is 14.4. The van der Waals surface area contributed by atoms with Crippen molar-refractivity contribution in [1.82, 2.24) is 9.97 Å². The highest BCUT2D eigenvalue weighted by Crippen LogP contribution is 2.25. The van der Waals surface area contributed by atoms with E-state index in [1.807, 2.05) is 11.8 Å². The van der Waals surface area contributed by atoms with Crippen LogP contribution < -0.4 is 10.2 Å². The fourth-order valence-corrected chi connectivity index (χ4v) is 3.28. The van der Waals surface area contributed by atoms with Gasteiger partial charge in [0.15, 0.2) is 0 Å². The lowest BCUT2D eigenvalue weighted by Gasteiger charge is -2.24. The average molecular weight is 294 g/mol. The van der Waals surface area contributed by atoms with Crippen LogP contribution in [0.1, 0.15) is 38.1 Å².